The molecule has 1 heterocycles. The molecule has 0 radical (unpaired) electrons. The number of amides is 2. The summed E-state index contributed by atoms with van der Waals surface area (Å²) in [5.74, 6) is 0.382. The fourth-order valence-corrected chi connectivity index (χ4v) is 3.52. The van der Waals surface area contributed by atoms with E-state index in [0.29, 0.717) is 22.3 Å². The second-order valence-corrected chi connectivity index (χ2v) is 6.80. The Morgan fingerprint density at radius 1 is 1.16 bits per heavy atom. The summed E-state index contributed by atoms with van der Waals surface area (Å²) in [6.07, 6.45) is 1.70. The average Bonchev–Trinajstić information content (AvgIpc) is 2.84. The maximum absolute atomic E-state index is 12.6. The van der Waals surface area contributed by atoms with Gasteiger partial charge in [0, 0.05) is 10.6 Å². The molecule has 0 N–H and O–H groups in total. The molecule has 0 aromatic heterocycles. The van der Waals surface area contributed by atoms with Crippen molar-refractivity contribution in [2.45, 2.75) is 13.5 Å². The van der Waals surface area contributed by atoms with E-state index < -0.39 is 0 Å². The molecule has 128 valence electrons. The highest BCUT2D eigenvalue weighted by molar-refractivity contribution is 8.18. The third-order valence-corrected chi connectivity index (χ3v) is 4.75. The summed E-state index contributed by atoms with van der Waals surface area (Å²) in [5, 5.41) is 0.288. The molecule has 6 heteroatoms. The Hall–Kier alpha value is -2.24. The third-order valence-electron chi connectivity index (χ3n) is 3.61. The molecule has 2 amide bonds. The van der Waals surface area contributed by atoms with E-state index in [9.17, 15) is 9.59 Å². The Morgan fingerprint density at radius 3 is 2.72 bits per heavy atom. The summed E-state index contributed by atoms with van der Waals surface area (Å²) < 4.78 is 5.57. The number of hydrogen-bond acceptors (Lipinski definition) is 4. The van der Waals surface area contributed by atoms with Crippen molar-refractivity contribution in [2.24, 2.45) is 0 Å². The molecular formula is C19H16ClNO3S. The first-order valence-electron chi connectivity index (χ1n) is 7.80. The van der Waals surface area contributed by atoms with Crippen molar-refractivity contribution >= 4 is 40.6 Å². The molecule has 4 nitrogen and oxygen atoms in total. The van der Waals surface area contributed by atoms with Gasteiger partial charge in [0.25, 0.3) is 11.1 Å². The molecule has 0 bridgehead atoms. The predicted octanol–water partition coefficient (Wildman–Crippen LogP) is 4.98. The fraction of sp³-hybridized carbons (Fsp3) is 0.158. The lowest BCUT2D eigenvalue weighted by atomic mass is 10.1. The van der Waals surface area contributed by atoms with Crippen LogP contribution in [-0.4, -0.2) is 22.7 Å². The molecular weight excluding hydrogens is 358 g/mol. The molecule has 2 aromatic carbocycles. The summed E-state index contributed by atoms with van der Waals surface area (Å²) in [6, 6.07) is 14.6. The zero-order valence-electron chi connectivity index (χ0n) is 13.6. The van der Waals surface area contributed by atoms with Crippen molar-refractivity contribution in [2.75, 3.05) is 6.61 Å². The number of benzene rings is 2. The van der Waals surface area contributed by atoms with Gasteiger partial charge in [-0.25, -0.2) is 0 Å². The molecule has 1 saturated heterocycles. The molecule has 0 aliphatic carbocycles. The minimum Gasteiger partial charge on any atom is -0.493 e. The normalized spacial score (nSPS) is 15.9. The second-order valence-electron chi connectivity index (χ2n) is 5.37. The number of halogens is 1. The molecule has 0 saturated carbocycles. The molecule has 1 aliphatic rings. The minimum atomic E-state index is -0.304. The number of para-hydroxylation sites is 1. The van der Waals surface area contributed by atoms with E-state index in [1.165, 1.54) is 4.90 Å². The number of hydrogen-bond donors (Lipinski definition) is 0. The first-order valence-corrected chi connectivity index (χ1v) is 8.99. The van der Waals surface area contributed by atoms with Gasteiger partial charge in [-0.15, -0.1) is 0 Å². The Morgan fingerprint density at radius 2 is 1.96 bits per heavy atom. The molecule has 1 aliphatic heterocycles. The number of carbonyl (C=O) groups is 2. The molecule has 1 fully saturated rings. The largest absolute Gasteiger partial charge is 0.493 e. The van der Waals surface area contributed by atoms with E-state index in [2.05, 4.69) is 0 Å². The van der Waals surface area contributed by atoms with Crippen molar-refractivity contribution in [1.29, 1.82) is 0 Å². The van der Waals surface area contributed by atoms with Gasteiger partial charge in [-0.1, -0.05) is 41.9 Å². The zero-order valence-corrected chi connectivity index (χ0v) is 15.1. The standard InChI is InChI=1S/C19H16ClNO3S/c1-2-24-16-9-4-3-7-14(16)11-17-18(22)21(19(23)25-17)12-13-6-5-8-15(20)10-13/h3-11H,2,12H2,1H3/b17-11-. The van der Waals surface area contributed by atoms with Crippen LogP contribution in [0.2, 0.25) is 5.02 Å². The van der Waals surface area contributed by atoms with Crippen LogP contribution in [0.4, 0.5) is 4.79 Å². The van der Waals surface area contributed by atoms with Gasteiger partial charge in [0.2, 0.25) is 0 Å². The van der Waals surface area contributed by atoms with E-state index >= 15 is 0 Å². The number of nitrogens with zero attached hydrogens (tertiary/aromatic N) is 1. The van der Waals surface area contributed by atoms with Crippen LogP contribution >= 0.6 is 23.4 Å². The lowest BCUT2D eigenvalue weighted by molar-refractivity contribution is -0.123. The summed E-state index contributed by atoms with van der Waals surface area (Å²) >= 11 is 6.90. The Labute approximate surface area is 155 Å². The zero-order chi connectivity index (χ0) is 17.8. The van der Waals surface area contributed by atoms with Gasteiger partial charge in [0.05, 0.1) is 18.1 Å². The SMILES string of the molecule is CCOc1ccccc1/C=C1\SC(=O)N(Cc2cccc(Cl)c2)C1=O. The van der Waals surface area contributed by atoms with Crippen molar-refractivity contribution in [3.05, 3.63) is 69.6 Å². The number of rotatable bonds is 5. The lowest BCUT2D eigenvalue weighted by Gasteiger charge is -2.12. The van der Waals surface area contributed by atoms with Crippen molar-refractivity contribution in [3.8, 4) is 5.75 Å². The van der Waals surface area contributed by atoms with Crippen LogP contribution < -0.4 is 4.74 Å². The third kappa shape index (κ3) is 4.06. The minimum absolute atomic E-state index is 0.204. The van der Waals surface area contributed by atoms with Crippen LogP contribution in [0.1, 0.15) is 18.1 Å². The smallest absolute Gasteiger partial charge is 0.293 e. The Bertz CT molecular complexity index is 850. The van der Waals surface area contributed by atoms with Crippen molar-refractivity contribution < 1.29 is 14.3 Å². The number of thioether (sulfide) groups is 1. The number of ether oxygens (including phenoxy) is 1. The van der Waals surface area contributed by atoms with Crippen LogP contribution in [-0.2, 0) is 11.3 Å². The predicted molar refractivity (Wildman–Crippen MR) is 101 cm³/mol. The summed E-state index contributed by atoms with van der Waals surface area (Å²) in [6.45, 7) is 2.63. The van der Waals surface area contributed by atoms with E-state index in [1.54, 1.807) is 24.3 Å². The average molecular weight is 374 g/mol. The topological polar surface area (TPSA) is 46.6 Å². The maximum Gasteiger partial charge on any atom is 0.293 e. The summed E-state index contributed by atoms with van der Waals surface area (Å²) in [4.78, 5) is 26.5. The highest BCUT2D eigenvalue weighted by Gasteiger charge is 2.35. The Balaban J connectivity index is 1.84. The van der Waals surface area contributed by atoms with Crippen molar-refractivity contribution in [3.63, 3.8) is 0 Å². The van der Waals surface area contributed by atoms with Crippen LogP contribution in [0.15, 0.2) is 53.4 Å². The van der Waals surface area contributed by atoms with Gasteiger partial charge >= 0.3 is 0 Å². The van der Waals surface area contributed by atoms with Crippen LogP contribution in [0.3, 0.4) is 0 Å². The molecule has 3 rings (SSSR count). The molecule has 25 heavy (non-hydrogen) atoms. The van der Waals surface area contributed by atoms with Crippen LogP contribution in [0.5, 0.6) is 5.75 Å². The number of carbonyl (C=O) groups excluding carboxylic acids is 2. The van der Waals surface area contributed by atoms with Gasteiger partial charge in [0.1, 0.15) is 5.75 Å². The number of imide groups is 1. The molecule has 0 unspecified atom stereocenters. The maximum atomic E-state index is 12.6. The van der Waals surface area contributed by atoms with Crippen molar-refractivity contribution in [1.82, 2.24) is 4.90 Å². The second kappa shape index (κ2) is 7.76. The van der Waals surface area contributed by atoms with Crippen LogP contribution in [0, 0.1) is 0 Å². The Kier molecular flexibility index (Phi) is 5.46. The first-order chi connectivity index (χ1) is 12.1. The lowest BCUT2D eigenvalue weighted by Crippen LogP contribution is -2.27. The highest BCUT2D eigenvalue weighted by atomic mass is 35.5. The summed E-state index contributed by atoms with van der Waals surface area (Å²) in [7, 11) is 0. The van der Waals surface area contributed by atoms with Gasteiger partial charge in [-0.05, 0) is 48.5 Å². The van der Waals surface area contributed by atoms with E-state index in [1.807, 2.05) is 37.3 Å². The van der Waals surface area contributed by atoms with E-state index in [4.69, 9.17) is 16.3 Å². The van der Waals surface area contributed by atoms with Gasteiger partial charge < -0.3 is 4.74 Å². The van der Waals surface area contributed by atoms with Gasteiger partial charge in [-0.3, -0.25) is 14.5 Å². The first kappa shape index (κ1) is 17.6. The fourth-order valence-electron chi connectivity index (χ4n) is 2.48. The van der Waals surface area contributed by atoms with E-state index in [0.717, 1.165) is 22.9 Å². The molecule has 2 aromatic rings. The monoisotopic (exact) mass is 373 g/mol. The highest BCUT2D eigenvalue weighted by Crippen LogP contribution is 2.35. The van der Waals surface area contributed by atoms with Gasteiger partial charge in [0.15, 0.2) is 0 Å². The molecule has 0 spiro atoms. The molecule has 0 atom stereocenters. The van der Waals surface area contributed by atoms with Crippen LogP contribution in [0.25, 0.3) is 6.08 Å². The summed E-state index contributed by atoms with van der Waals surface area (Å²) in [5.41, 5.74) is 1.59. The quantitative estimate of drug-likeness (QED) is 0.694. The van der Waals surface area contributed by atoms with E-state index in [-0.39, 0.29) is 17.7 Å². The van der Waals surface area contributed by atoms with Gasteiger partial charge in [-0.2, -0.15) is 0 Å².